The van der Waals surface area contributed by atoms with Crippen LogP contribution in [0.5, 0.6) is 0 Å². The molecule has 1 aliphatic heterocycles. The zero-order valence-electron chi connectivity index (χ0n) is 12.0. The van der Waals surface area contributed by atoms with Crippen LogP contribution in [-0.4, -0.2) is 38.5 Å². The number of hydrogen-bond acceptors (Lipinski definition) is 4. The SMILES string of the molecule is Cc1cc(CN2CCCC(O)(c3cn[nH]n3)C2)ccc1F. The van der Waals surface area contributed by atoms with Crippen molar-refractivity contribution in [3.63, 3.8) is 0 Å². The quantitative estimate of drug-likeness (QED) is 0.903. The van der Waals surface area contributed by atoms with E-state index in [1.165, 1.54) is 6.07 Å². The number of rotatable bonds is 3. The third kappa shape index (κ3) is 2.96. The van der Waals surface area contributed by atoms with Crippen LogP contribution in [0.2, 0.25) is 0 Å². The number of aliphatic hydroxyl groups is 1. The van der Waals surface area contributed by atoms with Gasteiger partial charge >= 0.3 is 0 Å². The first kappa shape index (κ1) is 14.2. The van der Waals surface area contributed by atoms with Gasteiger partial charge in [0.15, 0.2) is 0 Å². The maximum atomic E-state index is 13.3. The molecule has 2 aromatic rings. The summed E-state index contributed by atoms with van der Waals surface area (Å²) < 4.78 is 13.3. The van der Waals surface area contributed by atoms with Crippen molar-refractivity contribution in [2.45, 2.75) is 31.9 Å². The van der Waals surface area contributed by atoms with E-state index in [2.05, 4.69) is 20.3 Å². The topological polar surface area (TPSA) is 65.0 Å². The van der Waals surface area contributed by atoms with Crippen molar-refractivity contribution in [1.29, 1.82) is 0 Å². The lowest BCUT2D eigenvalue weighted by Crippen LogP contribution is -2.45. The maximum Gasteiger partial charge on any atom is 0.126 e. The maximum absolute atomic E-state index is 13.3. The summed E-state index contributed by atoms with van der Waals surface area (Å²) >= 11 is 0. The van der Waals surface area contributed by atoms with E-state index in [-0.39, 0.29) is 5.82 Å². The summed E-state index contributed by atoms with van der Waals surface area (Å²) in [5.41, 5.74) is 1.33. The Morgan fingerprint density at radius 2 is 2.33 bits per heavy atom. The van der Waals surface area contributed by atoms with Crippen molar-refractivity contribution in [3.8, 4) is 0 Å². The van der Waals surface area contributed by atoms with E-state index in [1.54, 1.807) is 19.2 Å². The smallest absolute Gasteiger partial charge is 0.126 e. The largest absolute Gasteiger partial charge is 0.382 e. The molecule has 1 unspecified atom stereocenters. The van der Waals surface area contributed by atoms with Crippen LogP contribution >= 0.6 is 0 Å². The van der Waals surface area contributed by atoms with Gasteiger partial charge in [0, 0.05) is 13.1 Å². The molecule has 0 bridgehead atoms. The Morgan fingerprint density at radius 1 is 1.48 bits per heavy atom. The Bertz CT molecular complexity index is 616. The lowest BCUT2D eigenvalue weighted by atomic mass is 9.90. The summed E-state index contributed by atoms with van der Waals surface area (Å²) in [4.78, 5) is 2.17. The fraction of sp³-hybridized carbons (Fsp3) is 0.467. The van der Waals surface area contributed by atoms with Crippen molar-refractivity contribution < 1.29 is 9.50 Å². The Kier molecular flexibility index (Phi) is 3.73. The predicted octanol–water partition coefficient (Wildman–Crippen LogP) is 1.74. The Morgan fingerprint density at radius 3 is 3.05 bits per heavy atom. The van der Waals surface area contributed by atoms with Gasteiger partial charge in [0.2, 0.25) is 0 Å². The van der Waals surface area contributed by atoms with Crippen LogP contribution in [-0.2, 0) is 12.1 Å². The lowest BCUT2D eigenvalue weighted by Gasteiger charge is -2.38. The molecule has 1 aromatic carbocycles. The standard InChI is InChI=1S/C15H19FN4O/c1-11-7-12(3-4-13(11)16)9-20-6-2-5-15(21,10-20)14-8-17-19-18-14/h3-4,7-8,21H,2,5-6,9-10H2,1H3,(H,17,18,19). The average molecular weight is 290 g/mol. The molecule has 3 rings (SSSR count). The summed E-state index contributed by atoms with van der Waals surface area (Å²) in [6.07, 6.45) is 3.15. The van der Waals surface area contributed by atoms with Gasteiger partial charge in [-0.25, -0.2) is 4.39 Å². The molecular formula is C15H19FN4O. The molecule has 5 nitrogen and oxygen atoms in total. The van der Waals surface area contributed by atoms with Crippen LogP contribution in [0.25, 0.3) is 0 Å². The van der Waals surface area contributed by atoms with E-state index >= 15 is 0 Å². The molecule has 6 heteroatoms. The zero-order chi connectivity index (χ0) is 14.9. The average Bonchev–Trinajstić information content (AvgIpc) is 2.98. The molecule has 2 N–H and O–H groups in total. The van der Waals surface area contributed by atoms with E-state index in [4.69, 9.17) is 0 Å². The van der Waals surface area contributed by atoms with Gasteiger partial charge in [-0.15, -0.1) is 0 Å². The molecular weight excluding hydrogens is 271 g/mol. The van der Waals surface area contributed by atoms with Crippen LogP contribution < -0.4 is 0 Å². The molecule has 0 saturated carbocycles. The highest BCUT2D eigenvalue weighted by molar-refractivity contribution is 5.24. The molecule has 1 aliphatic rings. The molecule has 1 atom stereocenters. The van der Waals surface area contributed by atoms with Crippen LogP contribution in [0, 0.1) is 12.7 Å². The van der Waals surface area contributed by atoms with Crippen molar-refractivity contribution in [2.75, 3.05) is 13.1 Å². The molecule has 1 fully saturated rings. The monoisotopic (exact) mass is 290 g/mol. The second-order valence-corrected chi connectivity index (χ2v) is 5.78. The number of hydrogen-bond donors (Lipinski definition) is 2. The number of likely N-dealkylation sites (tertiary alicyclic amines) is 1. The normalized spacial score (nSPS) is 23.4. The first-order valence-corrected chi connectivity index (χ1v) is 7.13. The Balaban J connectivity index is 1.73. The third-order valence-corrected chi connectivity index (χ3v) is 4.07. The van der Waals surface area contributed by atoms with Crippen LogP contribution in [0.3, 0.4) is 0 Å². The fourth-order valence-electron chi connectivity index (χ4n) is 2.96. The number of halogens is 1. The molecule has 0 radical (unpaired) electrons. The zero-order valence-corrected chi connectivity index (χ0v) is 12.0. The summed E-state index contributed by atoms with van der Waals surface area (Å²) in [6, 6.07) is 5.16. The second-order valence-electron chi connectivity index (χ2n) is 5.78. The van der Waals surface area contributed by atoms with Gasteiger partial charge in [-0.05, 0) is 43.5 Å². The number of benzene rings is 1. The van der Waals surface area contributed by atoms with E-state index in [0.29, 0.717) is 30.8 Å². The van der Waals surface area contributed by atoms with Crippen LogP contribution in [0.1, 0.15) is 29.7 Å². The molecule has 1 saturated heterocycles. The summed E-state index contributed by atoms with van der Waals surface area (Å²) in [6.45, 7) is 3.88. The molecule has 21 heavy (non-hydrogen) atoms. The minimum atomic E-state index is -0.958. The molecule has 0 spiro atoms. The van der Waals surface area contributed by atoms with Crippen molar-refractivity contribution >= 4 is 0 Å². The Labute approximate surface area is 122 Å². The number of H-pyrrole nitrogens is 1. The molecule has 2 heterocycles. The van der Waals surface area contributed by atoms with Gasteiger partial charge in [-0.2, -0.15) is 15.4 Å². The minimum absolute atomic E-state index is 0.184. The highest BCUT2D eigenvalue weighted by atomic mass is 19.1. The second kappa shape index (κ2) is 5.54. The molecule has 0 aliphatic carbocycles. The predicted molar refractivity (Wildman–Crippen MR) is 75.9 cm³/mol. The first-order valence-electron chi connectivity index (χ1n) is 7.13. The van der Waals surface area contributed by atoms with E-state index in [9.17, 15) is 9.50 Å². The van der Waals surface area contributed by atoms with E-state index < -0.39 is 5.60 Å². The van der Waals surface area contributed by atoms with Crippen LogP contribution in [0.15, 0.2) is 24.4 Å². The van der Waals surface area contributed by atoms with Gasteiger partial charge in [0.25, 0.3) is 0 Å². The summed E-state index contributed by atoms with van der Waals surface area (Å²) in [5, 5.41) is 21.1. The number of aryl methyl sites for hydroxylation is 1. The van der Waals surface area contributed by atoms with E-state index in [1.807, 2.05) is 6.07 Å². The van der Waals surface area contributed by atoms with Crippen molar-refractivity contribution in [1.82, 2.24) is 20.3 Å². The van der Waals surface area contributed by atoms with Crippen molar-refractivity contribution in [2.24, 2.45) is 0 Å². The van der Waals surface area contributed by atoms with Crippen LogP contribution in [0.4, 0.5) is 4.39 Å². The minimum Gasteiger partial charge on any atom is -0.382 e. The highest BCUT2D eigenvalue weighted by Crippen LogP contribution is 2.30. The van der Waals surface area contributed by atoms with Crippen molar-refractivity contribution in [3.05, 3.63) is 47.0 Å². The summed E-state index contributed by atoms with van der Waals surface area (Å²) in [7, 11) is 0. The van der Waals surface area contributed by atoms with E-state index in [0.717, 1.165) is 18.5 Å². The van der Waals surface area contributed by atoms with Gasteiger partial charge in [-0.3, -0.25) is 4.90 Å². The summed E-state index contributed by atoms with van der Waals surface area (Å²) in [5.74, 6) is -0.184. The van der Waals surface area contributed by atoms with Gasteiger partial charge in [0.05, 0.1) is 6.20 Å². The molecule has 0 amide bonds. The number of nitrogens with zero attached hydrogens (tertiary/aromatic N) is 3. The van der Waals surface area contributed by atoms with Gasteiger partial charge < -0.3 is 5.11 Å². The van der Waals surface area contributed by atoms with Gasteiger partial charge in [0.1, 0.15) is 17.1 Å². The first-order chi connectivity index (χ1) is 10.1. The lowest BCUT2D eigenvalue weighted by molar-refractivity contribution is -0.0414. The number of piperidine rings is 1. The Hall–Kier alpha value is -1.79. The van der Waals surface area contributed by atoms with Gasteiger partial charge in [-0.1, -0.05) is 12.1 Å². The number of aromatic amines is 1. The number of β-amino-alcohol motifs (C(OH)–C–C–N with tert-alkyl or cyclic N) is 1. The molecule has 112 valence electrons. The number of nitrogens with one attached hydrogen (secondary N) is 1. The molecule has 1 aromatic heterocycles. The highest BCUT2D eigenvalue weighted by Gasteiger charge is 2.37. The third-order valence-electron chi connectivity index (χ3n) is 4.07. The number of aromatic nitrogens is 3. The fourth-order valence-corrected chi connectivity index (χ4v) is 2.96.